The fraction of sp³-hybridized carbons (Fsp3) is 0.569. The molecule has 5 N–H and O–H groups in total. The van der Waals surface area contributed by atoms with Crippen molar-refractivity contribution < 1.29 is 53.6 Å². The second-order valence-corrected chi connectivity index (χ2v) is 20.1. The summed E-state index contributed by atoms with van der Waals surface area (Å²) in [5, 5.41) is 38.9. The van der Waals surface area contributed by atoms with Crippen LogP contribution in [0.3, 0.4) is 0 Å². The summed E-state index contributed by atoms with van der Waals surface area (Å²) in [6.07, 6.45) is 19.0. The Morgan fingerprint density at radius 2 is 1.23 bits per heavy atom. The Bertz CT molecular complexity index is 2290. The lowest BCUT2D eigenvalue weighted by molar-refractivity contribution is -0.143. The Kier molecular flexibility index (Phi) is 26.9. The lowest BCUT2D eigenvalue weighted by Gasteiger charge is -2.26. The number of aryl methyl sites for hydroxylation is 6. The van der Waals surface area contributed by atoms with Gasteiger partial charge in [-0.25, -0.2) is 4.79 Å². The molecule has 15 nitrogen and oxygen atoms in total. The van der Waals surface area contributed by atoms with E-state index in [2.05, 4.69) is 29.6 Å². The number of aldehydes is 1. The maximum atomic E-state index is 12.3. The SMILES string of the molecule is CC(C)OCc1ccccc1B(O)O.CC(C)OCc1ccccc1C(C(=O)O)N1CC[C@@H](OCCCCc2ccc3c(n2)CCCC3)C1.O=CC(=O)O.c1cc2c(nc1CCCCO[C@@H]1CCNC1)CCCC2. The number of likely N-dealkylation sites (tertiary alicyclic amines) is 1. The molecule has 2 fully saturated rings. The molecule has 0 spiro atoms. The highest BCUT2D eigenvalue weighted by Crippen LogP contribution is 2.30. The normalized spacial score (nSPS) is 17.4. The van der Waals surface area contributed by atoms with Gasteiger partial charge in [-0.2, -0.15) is 0 Å². The molecule has 74 heavy (non-hydrogen) atoms. The van der Waals surface area contributed by atoms with Gasteiger partial charge in [0.25, 0.3) is 0 Å². The van der Waals surface area contributed by atoms with E-state index in [0.29, 0.717) is 37.9 Å². The van der Waals surface area contributed by atoms with E-state index in [0.717, 1.165) is 87.9 Å². The van der Waals surface area contributed by atoms with E-state index in [9.17, 15) is 9.90 Å². The van der Waals surface area contributed by atoms with Gasteiger partial charge in [0.15, 0.2) is 0 Å². The van der Waals surface area contributed by atoms with E-state index < -0.39 is 25.1 Å². The summed E-state index contributed by atoms with van der Waals surface area (Å²) >= 11 is 0. The molecule has 8 rings (SSSR count). The first-order chi connectivity index (χ1) is 35.8. The molecule has 4 aliphatic rings. The van der Waals surface area contributed by atoms with Crippen LogP contribution in [-0.4, -0.2) is 124 Å². The van der Waals surface area contributed by atoms with Gasteiger partial charge in [-0.15, -0.1) is 0 Å². The Labute approximate surface area is 439 Å². The minimum Gasteiger partial charge on any atom is -0.480 e. The summed E-state index contributed by atoms with van der Waals surface area (Å²) in [5.74, 6) is -2.25. The number of rotatable bonds is 23. The molecule has 4 heterocycles. The third-order valence-electron chi connectivity index (χ3n) is 13.6. The van der Waals surface area contributed by atoms with Crippen LogP contribution in [0.25, 0.3) is 0 Å². The number of aliphatic carboxylic acids is 2. The topological polar surface area (TPSA) is 210 Å². The van der Waals surface area contributed by atoms with Gasteiger partial charge in [0.2, 0.25) is 6.29 Å². The summed E-state index contributed by atoms with van der Waals surface area (Å²) < 4.78 is 23.2. The van der Waals surface area contributed by atoms with Crippen molar-refractivity contribution in [2.75, 3.05) is 39.4 Å². The monoisotopic (exact) mass is 1020 g/mol. The summed E-state index contributed by atoms with van der Waals surface area (Å²) in [6, 6.07) is 23.2. The number of nitrogens with one attached hydrogen (secondary N) is 1. The second-order valence-electron chi connectivity index (χ2n) is 20.1. The van der Waals surface area contributed by atoms with E-state index in [-0.39, 0.29) is 24.6 Å². The maximum absolute atomic E-state index is 12.3. The van der Waals surface area contributed by atoms with Crippen molar-refractivity contribution in [1.82, 2.24) is 20.2 Å². The van der Waals surface area contributed by atoms with Crippen molar-refractivity contribution in [3.8, 4) is 0 Å². The van der Waals surface area contributed by atoms with Gasteiger partial charge in [0, 0.05) is 55.6 Å². The van der Waals surface area contributed by atoms with Crippen molar-refractivity contribution in [2.45, 2.75) is 174 Å². The van der Waals surface area contributed by atoms with Gasteiger partial charge in [0.05, 0.1) is 37.6 Å². The summed E-state index contributed by atoms with van der Waals surface area (Å²) in [6.45, 7) is 13.8. The van der Waals surface area contributed by atoms with Crippen LogP contribution < -0.4 is 10.8 Å². The number of benzene rings is 2. The predicted molar refractivity (Wildman–Crippen MR) is 287 cm³/mol. The van der Waals surface area contributed by atoms with Crippen LogP contribution in [0.5, 0.6) is 0 Å². The second kappa shape index (κ2) is 33.2. The number of carbonyl (C=O) groups excluding carboxylic acids is 1. The molecule has 3 atom stereocenters. The van der Waals surface area contributed by atoms with Crippen molar-refractivity contribution in [3.05, 3.63) is 123 Å². The van der Waals surface area contributed by atoms with E-state index in [1.165, 1.54) is 91.7 Å². The first-order valence-electron chi connectivity index (χ1n) is 27.1. The Morgan fingerprint density at radius 3 is 1.76 bits per heavy atom. The molecule has 4 aromatic rings. The molecular formula is C58H83BN4O11. The summed E-state index contributed by atoms with van der Waals surface area (Å²) in [7, 11) is -1.43. The zero-order chi connectivity index (χ0) is 53.1. The number of nitrogens with zero attached hydrogens (tertiary/aromatic N) is 3. The standard InChI is InChI=1S/C29H40N2O4.C17H26N2O.C10H15BO3.C2H2O3/c1-21(2)35-20-23-10-3-5-12-26(23)28(29(32)33)31-17-16-25(19-31)34-18-8-7-11-24-15-14-22-9-4-6-13-27(22)30-24;1-2-7-17-14(5-1)8-9-15(19-17)6-3-4-12-20-16-10-11-18-13-16;1-8(2)14-7-9-5-3-4-6-10(9)11(12)13;3-1-2(4)5/h3,5,10,12,14-15,21,25,28H,4,6-9,11,13,16-20H2,1-2H3,(H,32,33);8-9,16,18H,1-7,10-13H2;3-6,8,12-13H,7H2,1-2H3;1H,(H,4,5)/t25-,28?;16-;;/m11../s1. The molecule has 0 bridgehead atoms. The smallest absolute Gasteiger partial charge is 0.480 e. The molecule has 2 aromatic carbocycles. The lowest BCUT2D eigenvalue weighted by atomic mass is 9.77. The van der Waals surface area contributed by atoms with Gasteiger partial charge in [-0.3, -0.25) is 24.5 Å². The third kappa shape index (κ3) is 21.4. The maximum Gasteiger partial charge on any atom is 0.488 e. The minimum absolute atomic E-state index is 0.0813. The lowest BCUT2D eigenvalue weighted by Crippen LogP contribution is -2.34. The van der Waals surface area contributed by atoms with Crippen LogP contribution in [0.1, 0.15) is 149 Å². The number of carbonyl (C=O) groups is 3. The molecule has 0 amide bonds. The average molecular weight is 1020 g/mol. The highest BCUT2D eigenvalue weighted by molar-refractivity contribution is 6.59. The average Bonchev–Trinajstić information content (AvgIpc) is 4.11. The summed E-state index contributed by atoms with van der Waals surface area (Å²) in [5.41, 5.74) is 11.1. The molecular weight excluding hydrogens is 939 g/mol. The van der Waals surface area contributed by atoms with Gasteiger partial charge < -0.3 is 44.5 Å². The number of pyridine rings is 2. The molecule has 2 aliphatic heterocycles. The van der Waals surface area contributed by atoms with E-state index in [1.807, 2.05) is 69.0 Å². The predicted octanol–water partition coefficient (Wildman–Crippen LogP) is 7.35. The molecule has 0 saturated carbocycles. The third-order valence-corrected chi connectivity index (χ3v) is 13.6. The van der Waals surface area contributed by atoms with Crippen molar-refractivity contribution in [1.29, 1.82) is 0 Å². The van der Waals surface area contributed by atoms with Crippen LogP contribution in [0, 0.1) is 0 Å². The number of hydrogen-bond acceptors (Lipinski definition) is 13. The van der Waals surface area contributed by atoms with E-state index >= 15 is 0 Å². The Balaban J connectivity index is 0.000000217. The van der Waals surface area contributed by atoms with Crippen molar-refractivity contribution in [3.63, 3.8) is 0 Å². The number of ether oxygens (including phenoxy) is 4. The number of fused-ring (bicyclic) bond motifs is 2. The number of unbranched alkanes of at least 4 members (excludes halogenated alkanes) is 2. The van der Waals surface area contributed by atoms with E-state index in [4.69, 9.17) is 53.7 Å². The molecule has 2 aromatic heterocycles. The fourth-order valence-corrected chi connectivity index (χ4v) is 9.59. The Morgan fingerprint density at radius 1 is 0.703 bits per heavy atom. The fourth-order valence-electron chi connectivity index (χ4n) is 9.59. The van der Waals surface area contributed by atoms with Crippen molar-refractivity contribution >= 4 is 30.8 Å². The molecule has 16 heteroatoms. The first-order valence-corrected chi connectivity index (χ1v) is 27.1. The van der Waals surface area contributed by atoms with Crippen LogP contribution in [0.4, 0.5) is 0 Å². The molecule has 0 radical (unpaired) electrons. The number of carboxylic acid groups (broad SMARTS) is 2. The van der Waals surface area contributed by atoms with Gasteiger partial charge in [0.1, 0.15) is 6.04 Å². The highest BCUT2D eigenvalue weighted by atomic mass is 16.5. The largest absolute Gasteiger partial charge is 0.488 e. The quantitative estimate of drug-likeness (QED) is 0.0213. The number of hydrogen-bond donors (Lipinski definition) is 5. The Hall–Kier alpha value is -4.91. The highest BCUT2D eigenvalue weighted by Gasteiger charge is 2.35. The van der Waals surface area contributed by atoms with Crippen LogP contribution in [0.15, 0.2) is 72.8 Å². The number of aromatic nitrogens is 2. The summed E-state index contributed by atoms with van der Waals surface area (Å²) in [4.78, 5) is 41.9. The minimum atomic E-state index is -1.43. The van der Waals surface area contributed by atoms with Gasteiger partial charge in [-0.05, 0) is 182 Å². The van der Waals surface area contributed by atoms with Crippen molar-refractivity contribution in [2.24, 2.45) is 0 Å². The molecule has 1 unspecified atom stereocenters. The zero-order valence-electron chi connectivity index (χ0n) is 44.4. The zero-order valence-corrected chi connectivity index (χ0v) is 44.4. The number of carboxylic acids is 2. The van der Waals surface area contributed by atoms with Gasteiger partial charge >= 0.3 is 19.1 Å². The molecule has 2 aliphatic carbocycles. The molecule has 2 saturated heterocycles. The van der Waals surface area contributed by atoms with Crippen LogP contribution >= 0.6 is 0 Å². The first kappa shape index (κ1) is 60.0. The van der Waals surface area contributed by atoms with E-state index in [1.54, 1.807) is 12.1 Å². The van der Waals surface area contributed by atoms with Gasteiger partial charge in [-0.1, -0.05) is 60.7 Å². The molecule has 404 valence electrons. The van der Waals surface area contributed by atoms with Crippen LogP contribution in [0.2, 0.25) is 0 Å². The van der Waals surface area contributed by atoms with Crippen LogP contribution in [-0.2, 0) is 85.1 Å².